The molecule has 0 aliphatic rings. The highest BCUT2D eigenvalue weighted by atomic mass is 32.2. The van der Waals surface area contributed by atoms with Crippen molar-refractivity contribution in [1.29, 1.82) is 0 Å². The number of benzene rings is 1. The lowest BCUT2D eigenvalue weighted by molar-refractivity contribution is -0.110. The van der Waals surface area contributed by atoms with Crippen molar-refractivity contribution in [3.05, 3.63) is 41.8 Å². The first-order chi connectivity index (χ1) is 13.5. The average Bonchev–Trinajstić information content (AvgIpc) is 2.73. The number of carbonyl (C=O) groups excluding carboxylic acids is 2. The van der Waals surface area contributed by atoms with Crippen LogP contribution in [-0.2, 0) is 14.3 Å². The summed E-state index contributed by atoms with van der Waals surface area (Å²) in [6.07, 6.45) is 3.12. The van der Waals surface area contributed by atoms with Crippen molar-refractivity contribution in [2.24, 2.45) is 11.5 Å². The van der Waals surface area contributed by atoms with Crippen LogP contribution in [0.25, 0.3) is 0 Å². The Morgan fingerprint density at radius 2 is 1.71 bits per heavy atom. The van der Waals surface area contributed by atoms with Crippen molar-refractivity contribution in [3.8, 4) is 0 Å². The fourth-order valence-corrected chi connectivity index (χ4v) is 2.32. The maximum absolute atomic E-state index is 9.63. The molecule has 1 unspecified atom stereocenters. The minimum absolute atomic E-state index is 0.0945. The van der Waals surface area contributed by atoms with Gasteiger partial charge >= 0.3 is 0 Å². The predicted octanol–water partition coefficient (Wildman–Crippen LogP) is 3.12. The number of rotatable bonds is 10. The number of amides is 2. The molecular formula is C20H38N4O3S. The van der Waals surface area contributed by atoms with E-state index in [1.807, 2.05) is 46.4 Å². The van der Waals surface area contributed by atoms with Gasteiger partial charge in [0.25, 0.3) is 0 Å². The van der Waals surface area contributed by atoms with Gasteiger partial charge in [-0.3, -0.25) is 9.59 Å². The Bertz CT molecular complexity index is 495. The minimum atomic E-state index is 0.0945. The third-order valence-electron chi connectivity index (χ3n) is 2.70. The SMILES string of the molecule is CC.CC.COCCCSc1ccc(C(C)N)cc1.N/C(=C\NC=O)NC=O. The monoisotopic (exact) mass is 414 g/mol. The zero-order valence-corrected chi connectivity index (χ0v) is 18.8. The van der Waals surface area contributed by atoms with E-state index in [4.69, 9.17) is 16.2 Å². The Labute approximate surface area is 174 Å². The number of nitrogens with one attached hydrogen (secondary N) is 2. The first-order valence-corrected chi connectivity index (χ1v) is 10.4. The van der Waals surface area contributed by atoms with Crippen LogP contribution in [0.3, 0.4) is 0 Å². The number of nitrogens with two attached hydrogens (primary N) is 2. The van der Waals surface area contributed by atoms with E-state index in [0.717, 1.165) is 18.8 Å². The maximum atomic E-state index is 9.63. The Kier molecular flexibility index (Phi) is 27.4. The summed E-state index contributed by atoms with van der Waals surface area (Å²) in [5.74, 6) is 1.20. The lowest BCUT2D eigenvalue weighted by Crippen LogP contribution is -2.20. The lowest BCUT2D eigenvalue weighted by atomic mass is 10.1. The molecule has 1 aromatic rings. The van der Waals surface area contributed by atoms with Crippen molar-refractivity contribution in [2.45, 2.75) is 52.0 Å². The molecule has 28 heavy (non-hydrogen) atoms. The van der Waals surface area contributed by atoms with Gasteiger partial charge in [-0.05, 0) is 31.0 Å². The molecule has 0 aromatic heterocycles. The van der Waals surface area contributed by atoms with E-state index in [-0.39, 0.29) is 11.9 Å². The van der Waals surface area contributed by atoms with Crippen LogP contribution in [-0.4, -0.2) is 32.3 Å². The van der Waals surface area contributed by atoms with Gasteiger partial charge in [0.05, 0.1) is 0 Å². The molecule has 0 radical (unpaired) electrons. The molecule has 162 valence electrons. The van der Waals surface area contributed by atoms with Crippen molar-refractivity contribution in [1.82, 2.24) is 10.6 Å². The van der Waals surface area contributed by atoms with Crippen LogP contribution < -0.4 is 22.1 Å². The van der Waals surface area contributed by atoms with Gasteiger partial charge < -0.3 is 26.8 Å². The van der Waals surface area contributed by atoms with Crippen LogP contribution in [0.1, 0.15) is 52.6 Å². The molecule has 0 fully saturated rings. The molecule has 1 rings (SSSR count). The molecule has 0 heterocycles. The molecule has 7 nitrogen and oxygen atoms in total. The Morgan fingerprint density at radius 1 is 1.14 bits per heavy atom. The van der Waals surface area contributed by atoms with Crippen molar-refractivity contribution >= 4 is 24.6 Å². The quantitative estimate of drug-likeness (QED) is 0.265. The van der Waals surface area contributed by atoms with Crippen LogP contribution in [0.5, 0.6) is 0 Å². The fourth-order valence-electron chi connectivity index (χ4n) is 1.49. The van der Waals surface area contributed by atoms with Gasteiger partial charge in [0, 0.05) is 36.6 Å². The zero-order chi connectivity index (χ0) is 22.2. The van der Waals surface area contributed by atoms with Gasteiger partial charge in [-0.25, -0.2) is 0 Å². The fraction of sp³-hybridized carbons (Fsp3) is 0.500. The van der Waals surface area contributed by atoms with E-state index < -0.39 is 0 Å². The van der Waals surface area contributed by atoms with Gasteiger partial charge in [0.1, 0.15) is 5.82 Å². The van der Waals surface area contributed by atoms with Gasteiger partial charge in [0.15, 0.2) is 0 Å². The summed E-state index contributed by atoms with van der Waals surface area (Å²) in [5, 5.41) is 4.26. The van der Waals surface area contributed by atoms with Crippen LogP contribution in [0, 0.1) is 0 Å². The van der Waals surface area contributed by atoms with Crippen LogP contribution in [0.15, 0.2) is 41.2 Å². The summed E-state index contributed by atoms with van der Waals surface area (Å²) in [6, 6.07) is 8.59. The number of hydrogen-bond acceptors (Lipinski definition) is 6. The number of ether oxygens (including phenoxy) is 1. The molecule has 8 heteroatoms. The second kappa shape index (κ2) is 25.0. The molecule has 1 atom stereocenters. The van der Waals surface area contributed by atoms with Gasteiger partial charge in [-0.2, -0.15) is 0 Å². The van der Waals surface area contributed by atoms with Crippen molar-refractivity contribution in [3.63, 3.8) is 0 Å². The molecule has 0 aliphatic carbocycles. The Hall–Kier alpha value is -2.03. The number of thioether (sulfide) groups is 1. The largest absolute Gasteiger partial charge is 0.385 e. The van der Waals surface area contributed by atoms with E-state index in [9.17, 15) is 9.59 Å². The summed E-state index contributed by atoms with van der Waals surface area (Å²) in [6.45, 7) is 10.8. The predicted molar refractivity (Wildman–Crippen MR) is 120 cm³/mol. The summed E-state index contributed by atoms with van der Waals surface area (Å²) >= 11 is 1.86. The first kappa shape index (κ1) is 30.7. The molecule has 0 spiro atoms. The van der Waals surface area contributed by atoms with E-state index >= 15 is 0 Å². The lowest BCUT2D eigenvalue weighted by Gasteiger charge is -2.06. The van der Waals surface area contributed by atoms with Crippen molar-refractivity contribution in [2.75, 3.05) is 19.5 Å². The molecular weight excluding hydrogens is 376 g/mol. The van der Waals surface area contributed by atoms with Crippen molar-refractivity contribution < 1.29 is 14.3 Å². The van der Waals surface area contributed by atoms with Gasteiger partial charge in [-0.15, -0.1) is 11.8 Å². The molecule has 0 saturated heterocycles. The third kappa shape index (κ3) is 20.3. The van der Waals surface area contributed by atoms with Crippen LogP contribution >= 0.6 is 11.8 Å². The van der Waals surface area contributed by atoms with Crippen LogP contribution in [0.4, 0.5) is 0 Å². The number of carbonyl (C=O) groups is 2. The summed E-state index contributed by atoms with van der Waals surface area (Å²) in [5.41, 5.74) is 12.0. The van der Waals surface area contributed by atoms with Crippen LogP contribution in [0.2, 0.25) is 0 Å². The topological polar surface area (TPSA) is 119 Å². The highest BCUT2D eigenvalue weighted by Crippen LogP contribution is 2.20. The molecule has 0 aliphatic heterocycles. The maximum Gasteiger partial charge on any atom is 0.212 e. The summed E-state index contributed by atoms with van der Waals surface area (Å²) in [4.78, 5) is 20.5. The summed E-state index contributed by atoms with van der Waals surface area (Å²) in [7, 11) is 1.74. The smallest absolute Gasteiger partial charge is 0.212 e. The third-order valence-corrected chi connectivity index (χ3v) is 3.80. The highest BCUT2D eigenvalue weighted by Gasteiger charge is 1.99. The molecule has 1 aromatic carbocycles. The normalized spacial score (nSPS) is 10.5. The molecule has 0 saturated carbocycles. The standard InChI is InChI=1S/C12H19NOS.C4H7N3O2.2C2H6/c1-10(13)11-4-6-12(7-5-11)15-9-3-8-14-2;5-4(7-3-9)1-6-2-8;2*1-2/h4-7,10H,3,8-9,13H2,1-2H3;1-3H,5H2,(H,6,8)(H,7,9);2*1-2H3/b;4-1+;;. The highest BCUT2D eigenvalue weighted by molar-refractivity contribution is 7.99. The first-order valence-electron chi connectivity index (χ1n) is 9.38. The Balaban J connectivity index is -0.000000413. The zero-order valence-electron chi connectivity index (χ0n) is 18.0. The van der Waals surface area contributed by atoms with E-state index in [2.05, 4.69) is 34.9 Å². The second-order valence-electron chi connectivity index (χ2n) is 4.70. The number of methoxy groups -OCH3 is 1. The average molecular weight is 415 g/mol. The second-order valence-corrected chi connectivity index (χ2v) is 5.87. The van der Waals surface area contributed by atoms with Gasteiger partial charge in [0.2, 0.25) is 12.8 Å². The van der Waals surface area contributed by atoms with E-state index in [1.54, 1.807) is 7.11 Å². The minimum Gasteiger partial charge on any atom is -0.385 e. The molecule has 6 N–H and O–H groups in total. The van der Waals surface area contributed by atoms with Gasteiger partial charge in [-0.1, -0.05) is 39.8 Å². The number of hydrogen-bond donors (Lipinski definition) is 4. The molecule has 2 amide bonds. The van der Waals surface area contributed by atoms with E-state index in [0.29, 0.717) is 12.8 Å². The van der Waals surface area contributed by atoms with E-state index in [1.165, 1.54) is 16.7 Å². The summed E-state index contributed by atoms with van der Waals surface area (Å²) < 4.78 is 5.00. The molecule has 0 bridgehead atoms. The Morgan fingerprint density at radius 3 is 2.14 bits per heavy atom.